The van der Waals surface area contributed by atoms with E-state index in [0.717, 1.165) is 5.56 Å². The first-order valence-electron chi connectivity index (χ1n) is 9.83. The minimum atomic E-state index is -3.64. The van der Waals surface area contributed by atoms with Crippen molar-refractivity contribution in [3.8, 4) is 0 Å². The molecule has 158 valence electrons. The van der Waals surface area contributed by atoms with Gasteiger partial charge in [0.1, 0.15) is 0 Å². The molecule has 0 saturated heterocycles. The fourth-order valence-corrected chi connectivity index (χ4v) is 4.69. The molecule has 0 aliphatic carbocycles. The van der Waals surface area contributed by atoms with Crippen molar-refractivity contribution in [1.29, 1.82) is 0 Å². The van der Waals surface area contributed by atoms with Gasteiger partial charge < -0.3 is 5.32 Å². The van der Waals surface area contributed by atoms with Crippen LogP contribution in [0.25, 0.3) is 0 Å². The van der Waals surface area contributed by atoms with Gasteiger partial charge in [0, 0.05) is 24.8 Å². The molecule has 3 rings (SSSR count). The number of aryl methyl sites for hydroxylation is 1. The number of rotatable bonds is 8. The van der Waals surface area contributed by atoms with Crippen LogP contribution in [0.2, 0.25) is 0 Å². The Morgan fingerprint density at radius 1 is 1.10 bits per heavy atom. The van der Waals surface area contributed by atoms with Crippen molar-refractivity contribution in [2.45, 2.75) is 32.2 Å². The molecule has 1 N–H and O–H groups in total. The maximum atomic E-state index is 12.8. The number of hydrogen-bond acceptors (Lipinski definition) is 4. The Morgan fingerprint density at radius 2 is 1.80 bits per heavy atom. The number of carbonyl (C=O) groups is 1. The van der Waals surface area contributed by atoms with E-state index in [1.165, 1.54) is 16.4 Å². The summed E-state index contributed by atoms with van der Waals surface area (Å²) in [4.78, 5) is 12.9. The standard InChI is InChI=1S/C22H26N4O3S/c1-4-26(5-2)30(28,29)20-12-11-17(3)21(13-20)22(27)24-19-14-23-25(16-19)15-18-9-7-6-8-10-18/h6-14,16H,4-5,15H2,1-3H3,(H,24,27). The van der Waals surface area contributed by atoms with Crippen LogP contribution in [-0.4, -0.2) is 41.5 Å². The first-order chi connectivity index (χ1) is 14.3. The second-order valence-corrected chi connectivity index (χ2v) is 8.87. The van der Waals surface area contributed by atoms with E-state index in [9.17, 15) is 13.2 Å². The predicted molar refractivity (Wildman–Crippen MR) is 117 cm³/mol. The normalized spacial score (nSPS) is 11.6. The molecule has 1 aromatic heterocycles. The van der Waals surface area contributed by atoms with Crippen molar-refractivity contribution >= 4 is 21.6 Å². The third kappa shape index (κ3) is 4.77. The van der Waals surface area contributed by atoms with Crippen LogP contribution in [0.15, 0.2) is 65.8 Å². The molecule has 0 unspecified atom stereocenters. The topological polar surface area (TPSA) is 84.3 Å². The lowest BCUT2D eigenvalue weighted by molar-refractivity contribution is 0.102. The maximum Gasteiger partial charge on any atom is 0.256 e. The number of nitrogens with one attached hydrogen (secondary N) is 1. The number of amides is 1. The molecule has 30 heavy (non-hydrogen) atoms. The molecule has 0 aliphatic heterocycles. The summed E-state index contributed by atoms with van der Waals surface area (Å²) in [5, 5.41) is 7.09. The molecule has 1 amide bonds. The van der Waals surface area contributed by atoms with Gasteiger partial charge in [-0.2, -0.15) is 9.40 Å². The molecule has 0 spiro atoms. The van der Waals surface area contributed by atoms with Gasteiger partial charge in [0.25, 0.3) is 5.91 Å². The largest absolute Gasteiger partial charge is 0.319 e. The van der Waals surface area contributed by atoms with Gasteiger partial charge in [-0.1, -0.05) is 50.2 Å². The molecular weight excluding hydrogens is 400 g/mol. The predicted octanol–water partition coefficient (Wildman–Crippen LogP) is 3.52. The van der Waals surface area contributed by atoms with Crippen molar-refractivity contribution in [3.63, 3.8) is 0 Å². The van der Waals surface area contributed by atoms with Crippen molar-refractivity contribution in [2.75, 3.05) is 18.4 Å². The molecule has 0 saturated carbocycles. The highest BCUT2D eigenvalue weighted by atomic mass is 32.2. The second-order valence-electron chi connectivity index (χ2n) is 6.93. The number of anilines is 1. The number of sulfonamides is 1. The number of nitrogens with zero attached hydrogens (tertiary/aromatic N) is 3. The number of carbonyl (C=O) groups excluding carboxylic acids is 1. The molecule has 0 radical (unpaired) electrons. The third-order valence-electron chi connectivity index (χ3n) is 4.88. The first kappa shape index (κ1) is 21.7. The van der Waals surface area contributed by atoms with Crippen LogP contribution in [0.1, 0.15) is 35.3 Å². The smallest absolute Gasteiger partial charge is 0.256 e. The molecule has 0 bridgehead atoms. The maximum absolute atomic E-state index is 12.8. The minimum Gasteiger partial charge on any atom is -0.319 e. The highest BCUT2D eigenvalue weighted by Gasteiger charge is 2.23. The van der Waals surface area contributed by atoms with Crippen LogP contribution in [-0.2, 0) is 16.6 Å². The summed E-state index contributed by atoms with van der Waals surface area (Å²) < 4.78 is 28.7. The average Bonchev–Trinajstić information content (AvgIpc) is 3.16. The molecule has 0 aliphatic rings. The molecule has 7 nitrogen and oxygen atoms in total. The van der Waals surface area contributed by atoms with Gasteiger partial charge in [-0.3, -0.25) is 9.48 Å². The van der Waals surface area contributed by atoms with Crippen LogP contribution in [0.4, 0.5) is 5.69 Å². The van der Waals surface area contributed by atoms with Crippen LogP contribution >= 0.6 is 0 Å². The lowest BCUT2D eigenvalue weighted by Gasteiger charge is -2.19. The van der Waals surface area contributed by atoms with Gasteiger partial charge >= 0.3 is 0 Å². The average molecular weight is 427 g/mol. The van der Waals surface area contributed by atoms with Gasteiger partial charge in [-0.05, 0) is 30.2 Å². The Balaban J connectivity index is 1.79. The van der Waals surface area contributed by atoms with Gasteiger partial charge in [-0.15, -0.1) is 0 Å². The lowest BCUT2D eigenvalue weighted by atomic mass is 10.1. The van der Waals surface area contributed by atoms with Crippen LogP contribution in [0, 0.1) is 6.92 Å². The monoisotopic (exact) mass is 426 g/mol. The highest BCUT2D eigenvalue weighted by molar-refractivity contribution is 7.89. The van der Waals surface area contributed by atoms with Gasteiger partial charge in [-0.25, -0.2) is 8.42 Å². The fourth-order valence-electron chi connectivity index (χ4n) is 3.20. The van der Waals surface area contributed by atoms with E-state index in [2.05, 4.69) is 10.4 Å². The van der Waals surface area contributed by atoms with Crippen molar-refractivity contribution < 1.29 is 13.2 Å². The SMILES string of the molecule is CCN(CC)S(=O)(=O)c1ccc(C)c(C(=O)Nc2cnn(Cc3ccccc3)c2)c1. The van der Waals surface area contributed by atoms with Gasteiger partial charge in [0.05, 0.1) is 23.3 Å². The van der Waals surface area contributed by atoms with Gasteiger partial charge in [0.2, 0.25) is 10.0 Å². The summed E-state index contributed by atoms with van der Waals surface area (Å²) >= 11 is 0. The molecular formula is C22H26N4O3S. The van der Waals surface area contributed by atoms with Crippen molar-refractivity contribution in [2.24, 2.45) is 0 Å². The van der Waals surface area contributed by atoms with Crippen LogP contribution in [0.3, 0.4) is 0 Å². The van der Waals surface area contributed by atoms with E-state index in [1.54, 1.807) is 43.9 Å². The number of hydrogen-bond donors (Lipinski definition) is 1. The quantitative estimate of drug-likeness (QED) is 0.597. The zero-order valence-corrected chi connectivity index (χ0v) is 18.2. The molecule has 0 atom stereocenters. The van der Waals surface area contributed by atoms with E-state index in [0.29, 0.717) is 36.4 Å². The van der Waals surface area contributed by atoms with E-state index >= 15 is 0 Å². The summed E-state index contributed by atoms with van der Waals surface area (Å²) in [6.45, 7) is 6.69. The first-order valence-corrected chi connectivity index (χ1v) is 11.3. The Labute approximate surface area is 177 Å². The van der Waals surface area contributed by atoms with Gasteiger partial charge in [0.15, 0.2) is 0 Å². The Bertz CT molecular complexity index is 1120. The summed E-state index contributed by atoms with van der Waals surface area (Å²) in [6, 6.07) is 14.5. The van der Waals surface area contributed by atoms with Crippen LogP contribution in [0.5, 0.6) is 0 Å². The van der Waals surface area contributed by atoms with E-state index < -0.39 is 10.0 Å². The summed E-state index contributed by atoms with van der Waals surface area (Å²) in [6.07, 6.45) is 3.32. The lowest BCUT2D eigenvalue weighted by Crippen LogP contribution is -2.30. The van der Waals surface area contributed by atoms with Crippen LogP contribution < -0.4 is 5.32 Å². The Hall–Kier alpha value is -2.97. The summed E-state index contributed by atoms with van der Waals surface area (Å²) in [5.41, 5.74) is 2.66. The molecule has 3 aromatic rings. The van der Waals surface area contributed by atoms with Crippen molar-refractivity contribution in [1.82, 2.24) is 14.1 Å². The Kier molecular flexibility index (Phi) is 6.69. The van der Waals surface area contributed by atoms with E-state index in [4.69, 9.17) is 0 Å². The van der Waals surface area contributed by atoms with E-state index in [-0.39, 0.29) is 10.8 Å². The highest BCUT2D eigenvalue weighted by Crippen LogP contribution is 2.21. The second kappa shape index (κ2) is 9.23. The summed E-state index contributed by atoms with van der Waals surface area (Å²) in [5.74, 6) is -0.372. The number of aromatic nitrogens is 2. The molecule has 2 aromatic carbocycles. The molecule has 0 fully saturated rings. The molecule has 1 heterocycles. The van der Waals surface area contributed by atoms with E-state index in [1.807, 2.05) is 30.3 Å². The Morgan fingerprint density at radius 3 is 2.47 bits per heavy atom. The van der Waals surface area contributed by atoms with Crippen molar-refractivity contribution in [3.05, 3.63) is 77.6 Å². The zero-order chi connectivity index (χ0) is 21.7. The third-order valence-corrected chi connectivity index (χ3v) is 6.92. The number of benzene rings is 2. The molecule has 8 heteroatoms. The fraction of sp³-hybridized carbons (Fsp3) is 0.273. The zero-order valence-electron chi connectivity index (χ0n) is 17.4. The summed E-state index contributed by atoms with van der Waals surface area (Å²) in [7, 11) is -3.64. The minimum absolute atomic E-state index is 0.113.